The van der Waals surface area contributed by atoms with Gasteiger partial charge in [0.05, 0.1) is 0 Å². The summed E-state index contributed by atoms with van der Waals surface area (Å²) in [7, 11) is 1.94. The summed E-state index contributed by atoms with van der Waals surface area (Å²) in [6.07, 6.45) is 0. The predicted molar refractivity (Wildman–Crippen MR) is 66.7 cm³/mol. The lowest BCUT2D eigenvalue weighted by atomic mass is 10.5. The van der Waals surface area contributed by atoms with Gasteiger partial charge in [-0.05, 0) is 21.1 Å². The van der Waals surface area contributed by atoms with E-state index in [1.807, 2.05) is 0 Å². The predicted octanol–water partition coefficient (Wildman–Crippen LogP) is -0.857. The number of hydrogen-bond acceptors (Lipinski definition) is 5. The van der Waals surface area contributed by atoms with E-state index in [2.05, 4.69) is 35.8 Å². The molecule has 0 unspecified atom stereocenters. The van der Waals surface area contributed by atoms with Crippen molar-refractivity contribution < 1.29 is 17.5 Å². The molecule has 0 aromatic heterocycles. The van der Waals surface area contributed by atoms with Gasteiger partial charge in [0.1, 0.15) is 0 Å². The molecule has 104 valence electrons. The molecular weight excluding hydrogens is 246 g/mol. The van der Waals surface area contributed by atoms with Crippen LogP contribution in [0.1, 0.15) is 0 Å². The van der Waals surface area contributed by atoms with Crippen LogP contribution in [0.3, 0.4) is 0 Å². The van der Waals surface area contributed by atoms with Gasteiger partial charge in [-0.2, -0.15) is 8.42 Å². The maximum atomic E-state index is 8.74. The van der Waals surface area contributed by atoms with Gasteiger partial charge in [-0.15, -0.1) is 0 Å². The zero-order valence-electron chi connectivity index (χ0n) is 10.7. The summed E-state index contributed by atoms with van der Waals surface area (Å²) in [6, 6.07) is 0. The summed E-state index contributed by atoms with van der Waals surface area (Å²) >= 11 is 0. The van der Waals surface area contributed by atoms with Gasteiger partial charge in [0, 0.05) is 39.3 Å². The lowest BCUT2D eigenvalue weighted by Gasteiger charge is -2.18. The van der Waals surface area contributed by atoms with Crippen molar-refractivity contribution >= 4 is 10.4 Å². The average Bonchev–Trinajstić information content (AvgIpc) is 2.22. The third kappa shape index (κ3) is 13.7. The standard InChI is InChI=1S/C9H21N3.H2O4S/c1-10-4-6-11(2)8-9-12(3)7-5-10;1-5(2,3)4/h4-9H2,1-3H3;(H2,1,2,3,4). The monoisotopic (exact) mass is 269 g/mol. The second-order valence-electron chi connectivity index (χ2n) is 4.36. The van der Waals surface area contributed by atoms with Gasteiger partial charge in [0.15, 0.2) is 0 Å². The van der Waals surface area contributed by atoms with Crippen molar-refractivity contribution in [3.8, 4) is 0 Å². The van der Waals surface area contributed by atoms with E-state index in [0.29, 0.717) is 0 Å². The Bertz CT molecular complexity index is 253. The van der Waals surface area contributed by atoms with E-state index in [0.717, 1.165) is 0 Å². The van der Waals surface area contributed by atoms with E-state index >= 15 is 0 Å². The molecule has 17 heavy (non-hydrogen) atoms. The zero-order valence-corrected chi connectivity index (χ0v) is 11.5. The van der Waals surface area contributed by atoms with Crippen molar-refractivity contribution in [2.45, 2.75) is 0 Å². The fraction of sp³-hybridized carbons (Fsp3) is 1.00. The highest BCUT2D eigenvalue weighted by Crippen LogP contribution is 1.93. The maximum absolute atomic E-state index is 8.74. The maximum Gasteiger partial charge on any atom is 0.394 e. The van der Waals surface area contributed by atoms with Crippen LogP contribution in [0.15, 0.2) is 0 Å². The molecule has 0 spiro atoms. The van der Waals surface area contributed by atoms with Crippen LogP contribution >= 0.6 is 0 Å². The van der Waals surface area contributed by atoms with E-state index in [4.69, 9.17) is 17.5 Å². The van der Waals surface area contributed by atoms with Crippen LogP contribution in [-0.2, 0) is 10.4 Å². The van der Waals surface area contributed by atoms with Gasteiger partial charge >= 0.3 is 10.4 Å². The number of nitrogens with zero attached hydrogens (tertiary/aromatic N) is 3. The molecule has 0 atom stereocenters. The molecule has 0 bridgehead atoms. The van der Waals surface area contributed by atoms with Crippen molar-refractivity contribution in [3.05, 3.63) is 0 Å². The first kappa shape index (κ1) is 16.8. The fourth-order valence-corrected chi connectivity index (χ4v) is 1.36. The molecule has 1 aliphatic rings. The molecule has 1 rings (SSSR count). The largest absolute Gasteiger partial charge is 0.394 e. The van der Waals surface area contributed by atoms with Gasteiger partial charge in [-0.3, -0.25) is 9.11 Å². The van der Waals surface area contributed by atoms with Gasteiger partial charge in [0.25, 0.3) is 0 Å². The zero-order chi connectivity index (χ0) is 13.5. The minimum absolute atomic E-state index is 1.20. The molecule has 1 fully saturated rings. The first-order chi connectivity index (χ1) is 7.68. The molecule has 0 radical (unpaired) electrons. The van der Waals surface area contributed by atoms with Gasteiger partial charge in [-0.25, -0.2) is 0 Å². The molecular formula is C9H23N3O4S. The first-order valence-electron chi connectivity index (χ1n) is 5.44. The first-order valence-corrected chi connectivity index (χ1v) is 6.83. The smallest absolute Gasteiger partial charge is 0.304 e. The summed E-state index contributed by atoms with van der Waals surface area (Å²) < 4.78 is 31.6. The highest BCUT2D eigenvalue weighted by Gasteiger charge is 2.08. The third-order valence-corrected chi connectivity index (χ3v) is 2.59. The number of rotatable bonds is 0. The third-order valence-electron chi connectivity index (χ3n) is 2.59. The topological polar surface area (TPSA) is 84.3 Å². The van der Waals surface area contributed by atoms with Crippen molar-refractivity contribution in [2.24, 2.45) is 0 Å². The summed E-state index contributed by atoms with van der Waals surface area (Å²) in [5.41, 5.74) is 0. The van der Waals surface area contributed by atoms with E-state index in [1.54, 1.807) is 0 Å². The van der Waals surface area contributed by atoms with Crippen LogP contribution in [0.25, 0.3) is 0 Å². The Kier molecular flexibility index (Phi) is 7.84. The minimum atomic E-state index is -4.67. The van der Waals surface area contributed by atoms with E-state index in [1.165, 1.54) is 39.3 Å². The fourth-order valence-electron chi connectivity index (χ4n) is 1.36. The highest BCUT2D eigenvalue weighted by atomic mass is 32.3. The van der Waals surface area contributed by atoms with Crippen LogP contribution in [0.5, 0.6) is 0 Å². The molecule has 2 N–H and O–H groups in total. The Morgan fingerprint density at radius 2 is 0.824 bits per heavy atom. The van der Waals surface area contributed by atoms with Gasteiger partial charge in [-0.1, -0.05) is 0 Å². The molecule has 1 saturated heterocycles. The van der Waals surface area contributed by atoms with Crippen LogP contribution in [-0.4, -0.2) is 92.6 Å². The van der Waals surface area contributed by atoms with Crippen LogP contribution in [0.4, 0.5) is 0 Å². The van der Waals surface area contributed by atoms with Gasteiger partial charge < -0.3 is 14.7 Å². The Morgan fingerprint density at radius 1 is 0.706 bits per heavy atom. The minimum Gasteiger partial charge on any atom is -0.304 e. The summed E-state index contributed by atoms with van der Waals surface area (Å²) in [5.74, 6) is 0. The summed E-state index contributed by atoms with van der Waals surface area (Å²) in [6.45, 7) is 7.19. The van der Waals surface area contributed by atoms with Gasteiger partial charge in [0.2, 0.25) is 0 Å². The molecule has 0 aromatic rings. The molecule has 0 aliphatic carbocycles. The van der Waals surface area contributed by atoms with E-state index in [9.17, 15) is 0 Å². The lowest BCUT2D eigenvalue weighted by Crippen LogP contribution is -2.31. The highest BCUT2D eigenvalue weighted by molar-refractivity contribution is 7.79. The lowest BCUT2D eigenvalue weighted by molar-refractivity contribution is 0.277. The van der Waals surface area contributed by atoms with E-state index < -0.39 is 10.4 Å². The van der Waals surface area contributed by atoms with Crippen molar-refractivity contribution in [1.82, 2.24) is 14.7 Å². The van der Waals surface area contributed by atoms with Crippen LogP contribution < -0.4 is 0 Å². The Labute approximate surface area is 104 Å². The van der Waals surface area contributed by atoms with E-state index in [-0.39, 0.29) is 0 Å². The van der Waals surface area contributed by atoms with Crippen LogP contribution in [0, 0.1) is 0 Å². The molecule has 7 nitrogen and oxygen atoms in total. The molecule has 0 amide bonds. The Balaban J connectivity index is 0.000000437. The SMILES string of the molecule is CN1CCN(C)CCN(C)CC1.O=S(=O)(O)O. The normalized spacial score (nSPS) is 21.9. The van der Waals surface area contributed by atoms with Crippen LogP contribution in [0.2, 0.25) is 0 Å². The second-order valence-corrected chi connectivity index (χ2v) is 5.25. The van der Waals surface area contributed by atoms with Crippen molar-refractivity contribution in [1.29, 1.82) is 0 Å². The average molecular weight is 269 g/mol. The number of hydrogen-bond donors (Lipinski definition) is 2. The Hall–Kier alpha value is -0.250. The Morgan fingerprint density at radius 3 is 0.941 bits per heavy atom. The number of likely N-dealkylation sites (N-methyl/N-ethyl adjacent to an activating group) is 3. The van der Waals surface area contributed by atoms with Crippen molar-refractivity contribution in [2.75, 3.05) is 60.4 Å². The molecule has 0 aromatic carbocycles. The molecule has 1 heterocycles. The quantitative estimate of drug-likeness (QED) is 0.554. The summed E-state index contributed by atoms with van der Waals surface area (Å²) in [5, 5.41) is 0. The molecule has 1 aliphatic heterocycles. The van der Waals surface area contributed by atoms with Crippen molar-refractivity contribution in [3.63, 3.8) is 0 Å². The summed E-state index contributed by atoms with van der Waals surface area (Å²) in [4.78, 5) is 7.20. The second kappa shape index (κ2) is 7.96. The molecule has 8 heteroatoms. The molecule has 0 saturated carbocycles.